The Labute approximate surface area is 235 Å². The summed E-state index contributed by atoms with van der Waals surface area (Å²) in [6, 6.07) is 7.55. The average Bonchev–Trinajstić information content (AvgIpc) is 3.49. The van der Waals surface area contributed by atoms with E-state index < -0.39 is 11.8 Å². The van der Waals surface area contributed by atoms with Gasteiger partial charge < -0.3 is 14.2 Å². The molecule has 0 spiro atoms. The zero-order chi connectivity index (χ0) is 27.2. The lowest BCUT2D eigenvalue weighted by atomic mass is 10.1. The number of ether oxygens (including phenoxy) is 3. The van der Waals surface area contributed by atoms with Crippen molar-refractivity contribution in [3.05, 3.63) is 52.5 Å². The minimum absolute atomic E-state index is 0.163. The van der Waals surface area contributed by atoms with Gasteiger partial charge in [-0.3, -0.25) is 4.98 Å². The summed E-state index contributed by atoms with van der Waals surface area (Å²) < 4.78 is 18.5. The molecule has 214 valence electrons. The highest BCUT2D eigenvalue weighted by Gasteiger charge is 2.46. The molecular weight excluding hydrogens is 494 g/mol. The summed E-state index contributed by atoms with van der Waals surface area (Å²) in [7, 11) is 0. The number of rotatable bonds is 24. The molecule has 38 heavy (non-hydrogen) atoms. The first kappa shape index (κ1) is 32.5. The highest BCUT2D eigenvalue weighted by molar-refractivity contribution is 7.10. The van der Waals surface area contributed by atoms with E-state index in [0.717, 1.165) is 36.1 Å². The van der Waals surface area contributed by atoms with E-state index in [0.29, 0.717) is 13.2 Å². The van der Waals surface area contributed by atoms with Crippen LogP contribution in [0.1, 0.15) is 127 Å². The van der Waals surface area contributed by atoms with Gasteiger partial charge in [-0.05, 0) is 42.0 Å². The SMILES string of the molecule is CCCCCCCCCCOC(OCCCCCCCCCC)(C(=O)OCc1ccncc1)c1cccs1. The maximum atomic E-state index is 13.6. The predicted octanol–water partition coefficient (Wildman–Crippen LogP) is 9.35. The summed E-state index contributed by atoms with van der Waals surface area (Å²) in [5, 5.41) is 1.96. The fourth-order valence-electron chi connectivity index (χ4n) is 4.49. The Bertz CT molecular complexity index is 790. The normalized spacial score (nSPS) is 11.6. The zero-order valence-corrected chi connectivity index (χ0v) is 24.8. The molecular formula is C32H51NO4S. The van der Waals surface area contributed by atoms with Gasteiger partial charge in [-0.15, -0.1) is 11.3 Å². The number of unbranched alkanes of at least 4 members (excludes halogenated alkanes) is 14. The summed E-state index contributed by atoms with van der Waals surface area (Å²) in [5.74, 6) is -1.99. The molecule has 0 aliphatic rings. The summed E-state index contributed by atoms with van der Waals surface area (Å²) >= 11 is 1.48. The molecule has 0 aromatic carbocycles. The van der Waals surface area contributed by atoms with Crippen LogP contribution in [-0.2, 0) is 31.4 Å². The first-order valence-electron chi connectivity index (χ1n) is 15.1. The lowest BCUT2D eigenvalue weighted by Gasteiger charge is -2.30. The number of esters is 1. The first-order valence-corrected chi connectivity index (χ1v) is 16.0. The molecule has 2 rings (SSSR count). The zero-order valence-electron chi connectivity index (χ0n) is 24.0. The van der Waals surface area contributed by atoms with Gasteiger partial charge in [-0.25, -0.2) is 4.79 Å². The number of hydrogen-bond acceptors (Lipinski definition) is 6. The van der Waals surface area contributed by atoms with Crippen molar-refractivity contribution in [2.75, 3.05) is 13.2 Å². The van der Waals surface area contributed by atoms with Crippen LogP contribution >= 0.6 is 11.3 Å². The number of hydrogen-bond donors (Lipinski definition) is 0. The van der Waals surface area contributed by atoms with Gasteiger partial charge in [0, 0.05) is 12.4 Å². The van der Waals surface area contributed by atoms with Crippen molar-refractivity contribution < 1.29 is 19.0 Å². The predicted molar refractivity (Wildman–Crippen MR) is 157 cm³/mol. The van der Waals surface area contributed by atoms with Gasteiger partial charge in [0.05, 0.1) is 18.1 Å². The highest BCUT2D eigenvalue weighted by atomic mass is 32.1. The molecule has 0 radical (unpaired) electrons. The topological polar surface area (TPSA) is 57.7 Å². The van der Waals surface area contributed by atoms with E-state index in [9.17, 15) is 4.79 Å². The monoisotopic (exact) mass is 545 g/mol. The largest absolute Gasteiger partial charge is 0.457 e. The van der Waals surface area contributed by atoms with Crippen molar-refractivity contribution in [3.63, 3.8) is 0 Å². The Morgan fingerprint density at radius 3 is 1.71 bits per heavy atom. The van der Waals surface area contributed by atoms with E-state index in [1.807, 2.05) is 29.6 Å². The Morgan fingerprint density at radius 1 is 0.737 bits per heavy atom. The molecule has 2 heterocycles. The van der Waals surface area contributed by atoms with Gasteiger partial charge in [0.15, 0.2) is 0 Å². The molecule has 2 aromatic rings. The quantitative estimate of drug-likeness (QED) is 0.0747. The number of carbonyl (C=O) groups excluding carboxylic acids is 1. The second kappa shape index (κ2) is 21.1. The number of aromatic nitrogens is 1. The van der Waals surface area contributed by atoms with Crippen molar-refractivity contribution in [1.29, 1.82) is 0 Å². The lowest BCUT2D eigenvalue weighted by molar-refractivity contribution is -0.255. The van der Waals surface area contributed by atoms with E-state index in [-0.39, 0.29) is 6.61 Å². The smallest absolute Gasteiger partial charge is 0.373 e. The second-order valence-electron chi connectivity index (χ2n) is 10.2. The van der Waals surface area contributed by atoms with E-state index in [2.05, 4.69) is 18.8 Å². The maximum absolute atomic E-state index is 13.6. The van der Waals surface area contributed by atoms with Crippen LogP contribution in [0.4, 0.5) is 0 Å². The lowest BCUT2D eigenvalue weighted by Crippen LogP contribution is -2.43. The summed E-state index contributed by atoms with van der Waals surface area (Å²) in [6.45, 7) is 5.59. The minimum Gasteiger partial charge on any atom is -0.457 e. The molecule has 0 bridgehead atoms. The molecule has 2 aromatic heterocycles. The molecule has 0 amide bonds. The molecule has 0 fully saturated rings. The van der Waals surface area contributed by atoms with E-state index in [1.165, 1.54) is 88.4 Å². The van der Waals surface area contributed by atoms with Crippen molar-refractivity contribution in [2.45, 2.75) is 129 Å². The van der Waals surface area contributed by atoms with Gasteiger partial charge in [0.2, 0.25) is 0 Å². The van der Waals surface area contributed by atoms with Crippen LogP contribution in [0.2, 0.25) is 0 Å². The molecule has 0 aliphatic heterocycles. The molecule has 6 heteroatoms. The number of pyridine rings is 1. The fraction of sp³-hybridized carbons (Fsp3) is 0.688. The van der Waals surface area contributed by atoms with E-state index in [1.54, 1.807) is 12.4 Å². The van der Waals surface area contributed by atoms with Gasteiger partial charge in [0.1, 0.15) is 6.61 Å². The van der Waals surface area contributed by atoms with Gasteiger partial charge in [-0.1, -0.05) is 110 Å². The summed E-state index contributed by atoms with van der Waals surface area (Å²) in [5.41, 5.74) is 0.888. The molecule has 0 aliphatic carbocycles. The van der Waals surface area contributed by atoms with Gasteiger partial charge in [-0.2, -0.15) is 0 Å². The molecule has 5 nitrogen and oxygen atoms in total. The third kappa shape index (κ3) is 12.9. The molecule has 0 saturated heterocycles. The van der Waals surface area contributed by atoms with Crippen LogP contribution in [0.5, 0.6) is 0 Å². The molecule has 0 N–H and O–H groups in total. The van der Waals surface area contributed by atoms with Gasteiger partial charge in [0.25, 0.3) is 0 Å². The Hall–Kier alpha value is -1.76. The Kier molecular flexibility index (Phi) is 18.0. The van der Waals surface area contributed by atoms with Crippen LogP contribution in [0.25, 0.3) is 0 Å². The summed E-state index contributed by atoms with van der Waals surface area (Å²) in [4.78, 5) is 18.4. The fourth-order valence-corrected chi connectivity index (χ4v) is 5.31. The number of thiophene rings is 1. The third-order valence-corrected chi connectivity index (χ3v) is 7.79. The van der Waals surface area contributed by atoms with Crippen LogP contribution in [0.15, 0.2) is 42.0 Å². The van der Waals surface area contributed by atoms with Crippen LogP contribution < -0.4 is 0 Å². The van der Waals surface area contributed by atoms with Crippen LogP contribution in [-0.4, -0.2) is 24.2 Å². The van der Waals surface area contributed by atoms with E-state index >= 15 is 0 Å². The number of carbonyl (C=O) groups is 1. The first-order chi connectivity index (χ1) is 18.7. The van der Waals surface area contributed by atoms with Crippen molar-refractivity contribution in [1.82, 2.24) is 4.98 Å². The van der Waals surface area contributed by atoms with Gasteiger partial charge >= 0.3 is 11.8 Å². The highest BCUT2D eigenvalue weighted by Crippen LogP contribution is 2.34. The van der Waals surface area contributed by atoms with Crippen LogP contribution in [0.3, 0.4) is 0 Å². The van der Waals surface area contributed by atoms with E-state index in [4.69, 9.17) is 14.2 Å². The summed E-state index contributed by atoms with van der Waals surface area (Å²) in [6.07, 6.45) is 22.8. The minimum atomic E-state index is -1.51. The third-order valence-electron chi connectivity index (χ3n) is 6.84. The number of nitrogens with zero attached hydrogens (tertiary/aromatic N) is 1. The van der Waals surface area contributed by atoms with Crippen molar-refractivity contribution in [3.8, 4) is 0 Å². The van der Waals surface area contributed by atoms with Crippen molar-refractivity contribution in [2.24, 2.45) is 0 Å². The molecule has 0 atom stereocenters. The standard InChI is InChI=1S/C32H51NO4S/c1-3-5-7-9-11-13-15-17-25-36-32(30-20-19-27-38-30,31(34)35-28-29-21-23-33-24-22-29)37-26-18-16-14-12-10-8-6-4-2/h19-24,27H,3-18,25-26,28H2,1-2H3. The second-order valence-corrected chi connectivity index (χ2v) is 11.1. The van der Waals surface area contributed by atoms with Crippen LogP contribution in [0, 0.1) is 0 Å². The Morgan fingerprint density at radius 2 is 1.24 bits per heavy atom. The Balaban J connectivity index is 1.94. The maximum Gasteiger partial charge on any atom is 0.373 e. The average molecular weight is 546 g/mol. The van der Waals surface area contributed by atoms with Crippen molar-refractivity contribution >= 4 is 17.3 Å². The molecule has 0 saturated carbocycles. The molecule has 0 unspecified atom stereocenters.